The first-order chi connectivity index (χ1) is 7.58. The lowest BCUT2D eigenvalue weighted by Gasteiger charge is -2.08. The standard InChI is InChI=1S/C10H14ClN5/c1-7-12-8(11)6-10-14-13-9(16(7)10)4-5-15(2)3/h6H,4-5H2,1-3H3. The van der Waals surface area contributed by atoms with Crippen molar-refractivity contribution in [3.8, 4) is 0 Å². The Kier molecular flexibility index (Phi) is 3.07. The summed E-state index contributed by atoms with van der Waals surface area (Å²) in [6.45, 7) is 2.84. The second-order valence-electron chi connectivity index (χ2n) is 3.99. The van der Waals surface area contributed by atoms with Gasteiger partial charge in [-0.2, -0.15) is 0 Å². The van der Waals surface area contributed by atoms with Crippen LogP contribution < -0.4 is 0 Å². The quantitative estimate of drug-likeness (QED) is 0.755. The van der Waals surface area contributed by atoms with Gasteiger partial charge < -0.3 is 4.90 Å². The van der Waals surface area contributed by atoms with E-state index >= 15 is 0 Å². The molecular weight excluding hydrogens is 226 g/mol. The Labute approximate surface area is 99.1 Å². The van der Waals surface area contributed by atoms with Crippen LogP contribution in [0.4, 0.5) is 0 Å². The Morgan fingerprint density at radius 3 is 2.81 bits per heavy atom. The zero-order valence-electron chi connectivity index (χ0n) is 9.61. The lowest BCUT2D eigenvalue weighted by Crippen LogP contribution is -2.16. The Morgan fingerprint density at radius 2 is 2.12 bits per heavy atom. The molecule has 16 heavy (non-hydrogen) atoms. The van der Waals surface area contributed by atoms with Crippen LogP contribution in [0.5, 0.6) is 0 Å². The maximum Gasteiger partial charge on any atom is 0.165 e. The van der Waals surface area contributed by atoms with Crippen molar-refractivity contribution in [2.24, 2.45) is 0 Å². The number of aromatic nitrogens is 4. The number of halogens is 1. The number of fused-ring (bicyclic) bond motifs is 1. The number of hydrogen-bond donors (Lipinski definition) is 0. The molecule has 0 bridgehead atoms. The van der Waals surface area contributed by atoms with Gasteiger partial charge in [-0.25, -0.2) is 4.98 Å². The molecule has 2 rings (SSSR count). The van der Waals surface area contributed by atoms with Gasteiger partial charge in [0.2, 0.25) is 0 Å². The summed E-state index contributed by atoms with van der Waals surface area (Å²) in [5.74, 6) is 1.74. The first-order valence-corrected chi connectivity index (χ1v) is 5.47. The van der Waals surface area contributed by atoms with Crippen LogP contribution in [0.2, 0.25) is 5.15 Å². The second kappa shape index (κ2) is 4.35. The minimum absolute atomic E-state index is 0.455. The highest BCUT2D eigenvalue weighted by molar-refractivity contribution is 6.29. The van der Waals surface area contributed by atoms with E-state index in [1.165, 1.54) is 0 Å². The Morgan fingerprint density at radius 1 is 1.38 bits per heavy atom. The van der Waals surface area contributed by atoms with Gasteiger partial charge in [0.05, 0.1) is 0 Å². The predicted octanol–water partition coefficient (Wildman–Crippen LogP) is 1.19. The fourth-order valence-electron chi connectivity index (χ4n) is 1.61. The Balaban J connectivity index is 2.40. The monoisotopic (exact) mass is 239 g/mol. The van der Waals surface area contributed by atoms with E-state index < -0.39 is 0 Å². The molecule has 0 spiro atoms. The average Bonchev–Trinajstić information content (AvgIpc) is 2.57. The smallest absolute Gasteiger partial charge is 0.165 e. The summed E-state index contributed by atoms with van der Waals surface area (Å²) in [4.78, 5) is 6.31. The molecule has 5 nitrogen and oxygen atoms in total. The first-order valence-electron chi connectivity index (χ1n) is 5.10. The van der Waals surface area contributed by atoms with Crippen LogP contribution in [0.15, 0.2) is 6.07 Å². The predicted molar refractivity (Wildman–Crippen MR) is 62.8 cm³/mol. The molecule has 86 valence electrons. The molecule has 6 heteroatoms. The molecule has 0 fully saturated rings. The molecule has 0 aliphatic carbocycles. The third-order valence-electron chi connectivity index (χ3n) is 2.38. The molecule has 2 aromatic rings. The van der Waals surface area contributed by atoms with Crippen LogP contribution in [-0.4, -0.2) is 45.1 Å². The van der Waals surface area contributed by atoms with E-state index in [9.17, 15) is 0 Å². The molecule has 0 unspecified atom stereocenters. The third-order valence-corrected chi connectivity index (χ3v) is 2.57. The van der Waals surface area contributed by atoms with E-state index in [2.05, 4.69) is 20.1 Å². The summed E-state index contributed by atoms with van der Waals surface area (Å²) in [6, 6.07) is 1.72. The maximum absolute atomic E-state index is 5.86. The van der Waals surface area contributed by atoms with E-state index in [1.54, 1.807) is 6.07 Å². The van der Waals surface area contributed by atoms with Gasteiger partial charge in [-0.05, 0) is 21.0 Å². The van der Waals surface area contributed by atoms with Crippen LogP contribution in [0.25, 0.3) is 5.65 Å². The van der Waals surface area contributed by atoms with Crippen molar-refractivity contribution in [3.63, 3.8) is 0 Å². The normalized spacial score (nSPS) is 11.6. The van der Waals surface area contributed by atoms with E-state index in [-0.39, 0.29) is 0 Å². The van der Waals surface area contributed by atoms with Gasteiger partial charge in [-0.1, -0.05) is 11.6 Å². The molecule has 0 radical (unpaired) electrons. The largest absolute Gasteiger partial charge is 0.309 e. The fourth-order valence-corrected chi connectivity index (χ4v) is 1.83. The molecule has 0 saturated heterocycles. The van der Waals surface area contributed by atoms with Gasteiger partial charge >= 0.3 is 0 Å². The first kappa shape index (κ1) is 11.3. The van der Waals surface area contributed by atoms with Crippen LogP contribution in [0, 0.1) is 6.92 Å². The molecule has 2 heterocycles. The van der Waals surface area contributed by atoms with Crippen LogP contribution >= 0.6 is 11.6 Å². The number of aryl methyl sites for hydroxylation is 1. The molecule has 0 amide bonds. The van der Waals surface area contributed by atoms with E-state index in [4.69, 9.17) is 11.6 Å². The molecule has 0 N–H and O–H groups in total. The van der Waals surface area contributed by atoms with Crippen LogP contribution in [0.1, 0.15) is 11.6 Å². The summed E-state index contributed by atoms with van der Waals surface area (Å²) < 4.78 is 1.94. The summed E-state index contributed by atoms with van der Waals surface area (Å²) in [5.41, 5.74) is 0.756. The minimum atomic E-state index is 0.455. The highest BCUT2D eigenvalue weighted by Gasteiger charge is 2.09. The lowest BCUT2D eigenvalue weighted by atomic mass is 10.4. The Hall–Kier alpha value is -1.20. The molecular formula is C10H14ClN5. The van der Waals surface area contributed by atoms with Crippen molar-refractivity contribution in [3.05, 3.63) is 22.9 Å². The zero-order chi connectivity index (χ0) is 11.7. The van der Waals surface area contributed by atoms with Crippen LogP contribution in [0.3, 0.4) is 0 Å². The van der Waals surface area contributed by atoms with Gasteiger partial charge in [0.1, 0.15) is 16.8 Å². The number of nitrogens with zero attached hydrogens (tertiary/aromatic N) is 5. The number of likely N-dealkylation sites (N-methyl/N-ethyl adjacent to an activating group) is 1. The van der Waals surface area contributed by atoms with Gasteiger partial charge in [-0.15, -0.1) is 10.2 Å². The van der Waals surface area contributed by atoms with Gasteiger partial charge in [-0.3, -0.25) is 4.40 Å². The minimum Gasteiger partial charge on any atom is -0.309 e. The average molecular weight is 240 g/mol. The highest BCUT2D eigenvalue weighted by atomic mass is 35.5. The summed E-state index contributed by atoms with van der Waals surface area (Å²) in [7, 11) is 4.07. The van der Waals surface area contributed by atoms with E-state index in [0.717, 1.165) is 30.3 Å². The van der Waals surface area contributed by atoms with Crippen molar-refractivity contribution in [2.75, 3.05) is 20.6 Å². The molecule has 0 aliphatic heterocycles. The number of hydrogen-bond acceptors (Lipinski definition) is 4. The van der Waals surface area contributed by atoms with Crippen LogP contribution in [-0.2, 0) is 6.42 Å². The summed E-state index contributed by atoms with van der Waals surface area (Å²) in [6.07, 6.45) is 0.846. The lowest BCUT2D eigenvalue weighted by molar-refractivity contribution is 0.408. The highest BCUT2D eigenvalue weighted by Crippen LogP contribution is 2.12. The molecule has 2 aromatic heterocycles. The Bertz CT molecular complexity index is 505. The van der Waals surface area contributed by atoms with Crippen molar-refractivity contribution in [1.82, 2.24) is 24.5 Å². The van der Waals surface area contributed by atoms with Gasteiger partial charge in [0.15, 0.2) is 5.65 Å². The van der Waals surface area contributed by atoms with Gasteiger partial charge in [0.25, 0.3) is 0 Å². The zero-order valence-corrected chi connectivity index (χ0v) is 10.4. The van der Waals surface area contributed by atoms with Crippen molar-refractivity contribution >= 4 is 17.2 Å². The van der Waals surface area contributed by atoms with Crippen molar-refractivity contribution in [2.45, 2.75) is 13.3 Å². The summed E-state index contributed by atoms with van der Waals surface area (Å²) in [5, 5.41) is 8.70. The second-order valence-corrected chi connectivity index (χ2v) is 4.38. The SMILES string of the molecule is Cc1nc(Cl)cc2nnc(CCN(C)C)n12. The number of rotatable bonds is 3. The van der Waals surface area contributed by atoms with Crippen molar-refractivity contribution in [1.29, 1.82) is 0 Å². The van der Waals surface area contributed by atoms with E-state index in [0.29, 0.717) is 5.15 Å². The fraction of sp³-hybridized carbons (Fsp3) is 0.500. The molecule has 0 atom stereocenters. The third kappa shape index (κ3) is 2.15. The molecule has 0 aliphatic rings. The van der Waals surface area contributed by atoms with E-state index in [1.807, 2.05) is 25.4 Å². The molecule has 0 saturated carbocycles. The molecule has 0 aromatic carbocycles. The summed E-state index contributed by atoms with van der Waals surface area (Å²) >= 11 is 5.86. The van der Waals surface area contributed by atoms with Gasteiger partial charge in [0, 0.05) is 19.0 Å². The topological polar surface area (TPSA) is 46.3 Å². The van der Waals surface area contributed by atoms with Crippen molar-refractivity contribution < 1.29 is 0 Å². The maximum atomic E-state index is 5.86.